The third kappa shape index (κ3) is 728. The van der Waals surface area contributed by atoms with Crippen LogP contribution in [0.4, 0.5) is 0 Å². The minimum Gasteiger partial charge on any atom is -0.780 e. The summed E-state index contributed by atoms with van der Waals surface area (Å²) in [5.41, 5.74) is 0. The van der Waals surface area contributed by atoms with Crippen LogP contribution in [0.15, 0.2) is 0 Å². The normalized spacial score (nSPS) is 10.0. The van der Waals surface area contributed by atoms with Crippen molar-refractivity contribution in [2.24, 2.45) is 0 Å². The van der Waals surface area contributed by atoms with Crippen LogP contribution in [0.25, 0.3) is 0 Å². The van der Waals surface area contributed by atoms with E-state index in [9.17, 15) is 0 Å². The van der Waals surface area contributed by atoms with Crippen molar-refractivity contribution in [3.63, 3.8) is 0 Å². The summed E-state index contributed by atoms with van der Waals surface area (Å²) in [6, 6.07) is 0. The van der Waals surface area contributed by atoms with Crippen LogP contribution in [-0.2, 0) is 31.6 Å². The Morgan fingerprint density at radius 2 is 1.33 bits per heavy atom. The fourth-order valence-corrected chi connectivity index (χ4v) is 0. The number of hydrogen-bond donors (Lipinski definition) is 3. The Morgan fingerprint density at radius 1 is 1.33 bits per heavy atom. The van der Waals surface area contributed by atoms with E-state index in [-0.39, 0.29) is 41.9 Å². The molecular weight excluding hydrogens is 243 g/mol. The monoisotopic (exact) mass is 252 g/mol. The van der Waals surface area contributed by atoms with Crippen molar-refractivity contribution in [1.82, 2.24) is 12.3 Å². The molecule has 0 saturated carbocycles. The Balaban J connectivity index is -0.0000000221. The fourth-order valence-electron chi connectivity index (χ4n) is 0. The molecule has 12 heteroatoms. The zero-order chi connectivity index (χ0) is 8.08. The Bertz CT molecular complexity index is 163. The van der Waals surface area contributed by atoms with E-state index >= 15 is 0 Å². The molecule has 74 valence electrons. The molecule has 0 aromatic rings. The molecule has 0 aromatic heterocycles. The van der Waals surface area contributed by atoms with Crippen molar-refractivity contribution in [2.45, 2.75) is 0 Å². The summed E-state index contributed by atoms with van der Waals surface area (Å²) < 4.78 is 50.8. The van der Waals surface area contributed by atoms with Gasteiger partial charge in [0.1, 0.15) is 0 Å². The molecule has 0 rings (SSSR count). The van der Waals surface area contributed by atoms with E-state index in [1.807, 2.05) is 0 Å². The van der Waals surface area contributed by atoms with Crippen LogP contribution >= 0.6 is 0 Å². The van der Waals surface area contributed by atoms with Crippen LogP contribution in [0.1, 0.15) is 0 Å². The minimum absolute atomic E-state index is 0. The molecule has 0 bridgehead atoms. The average Bonchev–Trinajstić information content (AvgIpc) is 1.19. The summed E-state index contributed by atoms with van der Waals surface area (Å²) in [7, 11) is -4.33. The number of quaternary nitrogens is 2. The van der Waals surface area contributed by atoms with Crippen LogP contribution in [0, 0.1) is 0 Å². The van der Waals surface area contributed by atoms with E-state index in [2.05, 4.69) is 11.2 Å². The number of rotatable bonds is 0. The molecule has 0 amide bonds. The molecular formula is H9N2NaO6S3. The number of hydrogen-bond acceptors (Lipinski definition) is 6. The van der Waals surface area contributed by atoms with Gasteiger partial charge >= 0.3 is 29.6 Å². The Hall–Kier alpha value is 1.28. The van der Waals surface area contributed by atoms with Gasteiger partial charge in [-0.1, -0.05) is 0 Å². The van der Waals surface area contributed by atoms with Crippen LogP contribution in [0.5, 0.6) is 0 Å². The molecule has 0 radical (unpaired) electrons. The van der Waals surface area contributed by atoms with Crippen molar-refractivity contribution in [2.75, 3.05) is 0 Å². The van der Waals surface area contributed by atoms with Gasteiger partial charge in [0.2, 0.25) is 0 Å². The second-order valence-electron chi connectivity index (χ2n) is 0.625. The zero-order valence-electron chi connectivity index (χ0n) is 6.71. The van der Waals surface area contributed by atoms with Gasteiger partial charge in [-0.2, -0.15) is 0 Å². The van der Waals surface area contributed by atoms with Gasteiger partial charge in [0.05, 0.1) is 11.4 Å². The van der Waals surface area contributed by atoms with E-state index < -0.39 is 20.4 Å². The van der Waals surface area contributed by atoms with Crippen LogP contribution in [-0.4, -0.2) is 26.6 Å². The van der Waals surface area contributed by atoms with Crippen LogP contribution in [0.2, 0.25) is 0 Å². The predicted octanol–water partition coefficient (Wildman–Crippen LogP) is -3.91. The van der Waals surface area contributed by atoms with E-state index in [4.69, 9.17) is 26.6 Å². The third-order valence-corrected chi connectivity index (χ3v) is 0. The van der Waals surface area contributed by atoms with Gasteiger partial charge in [-0.15, -0.1) is 9.05 Å². The van der Waals surface area contributed by atoms with Gasteiger partial charge in [-0.3, -0.25) is 4.21 Å². The average molecular weight is 252 g/mol. The second kappa shape index (κ2) is 14.8. The van der Waals surface area contributed by atoms with Gasteiger partial charge in [0.15, 0.2) is 0 Å². The van der Waals surface area contributed by atoms with Gasteiger partial charge in [0.25, 0.3) is 0 Å². The largest absolute Gasteiger partial charge is 1.00 e. The van der Waals surface area contributed by atoms with Gasteiger partial charge in [0, 0.05) is 0 Å². The summed E-state index contributed by atoms with van der Waals surface area (Å²) in [6.45, 7) is 0. The van der Waals surface area contributed by atoms with Crippen molar-refractivity contribution < 1.29 is 56.2 Å². The third-order valence-electron chi connectivity index (χ3n) is 0. The molecule has 1 unspecified atom stereocenters. The van der Waals surface area contributed by atoms with Gasteiger partial charge < -0.3 is 30.5 Å². The molecule has 0 fully saturated rings. The standard InChI is InChI=1S/2H3N.Na.H2O3S2.H2O3S/c;;;1-5(2,3)4;1-4(2)3/h2*1H3;;(H2,1,2,3,4);(H2,1,2,3)/q;;+1;;/p-1. The maximum absolute atomic E-state index is 8.89. The molecule has 12 heavy (non-hydrogen) atoms. The first-order valence-electron chi connectivity index (χ1n) is 1.18. The topological polar surface area (TPSA) is 197 Å². The molecule has 0 saturated heterocycles. The maximum Gasteiger partial charge on any atom is 1.00 e. The van der Waals surface area contributed by atoms with Crippen molar-refractivity contribution in [1.29, 1.82) is 0 Å². The molecule has 0 spiro atoms. The quantitative estimate of drug-likeness (QED) is 0.289. The Morgan fingerprint density at radius 3 is 1.33 bits per heavy atom. The minimum atomic E-state index is -4.33. The molecule has 0 aliphatic rings. The SMILES string of the molecule is O=S([O-])([O-])=S.O=S([O-])O.[NH4+].[NH4+].[Na+]. The summed E-state index contributed by atoms with van der Waals surface area (Å²) in [5, 5.41) is 0. The summed E-state index contributed by atoms with van der Waals surface area (Å²) in [5.74, 6) is 0. The van der Waals surface area contributed by atoms with Crippen LogP contribution in [0.3, 0.4) is 0 Å². The van der Waals surface area contributed by atoms with Gasteiger partial charge in [-0.05, 0) is 11.2 Å². The van der Waals surface area contributed by atoms with E-state index in [1.165, 1.54) is 0 Å². The Labute approximate surface area is 99.4 Å². The first-order valence-corrected chi connectivity index (χ1v) is 4.55. The van der Waals surface area contributed by atoms with E-state index in [1.54, 1.807) is 0 Å². The zero-order valence-corrected chi connectivity index (χ0v) is 11.2. The summed E-state index contributed by atoms with van der Waals surface area (Å²) in [6.07, 6.45) is 0. The maximum atomic E-state index is 8.89. The van der Waals surface area contributed by atoms with Gasteiger partial charge in [-0.25, -0.2) is 4.21 Å². The van der Waals surface area contributed by atoms with E-state index in [0.717, 1.165) is 0 Å². The van der Waals surface area contributed by atoms with Crippen molar-refractivity contribution in [3.05, 3.63) is 0 Å². The first-order chi connectivity index (χ1) is 3.73. The summed E-state index contributed by atoms with van der Waals surface area (Å²) in [4.78, 5) is 0. The summed E-state index contributed by atoms with van der Waals surface area (Å²) >= 11 is 0.382. The van der Waals surface area contributed by atoms with Crippen molar-refractivity contribution >= 4 is 31.6 Å². The molecule has 0 aromatic carbocycles. The molecule has 1 atom stereocenters. The smallest absolute Gasteiger partial charge is 0.780 e. The van der Waals surface area contributed by atoms with Crippen molar-refractivity contribution in [3.8, 4) is 0 Å². The molecule has 8 nitrogen and oxygen atoms in total. The fraction of sp³-hybridized carbons (Fsp3) is 0. The molecule has 0 heterocycles. The van der Waals surface area contributed by atoms with Crippen LogP contribution < -0.4 is 41.9 Å². The Kier molecular flexibility index (Phi) is 36.0. The molecule has 0 aliphatic carbocycles. The predicted molar refractivity (Wildman–Crippen MR) is 40.6 cm³/mol. The first kappa shape index (κ1) is 29.2. The second-order valence-corrected chi connectivity index (χ2v) is 3.10. The van der Waals surface area contributed by atoms with E-state index in [0.29, 0.717) is 0 Å². The molecule has 9 N–H and O–H groups in total. The molecule has 0 aliphatic heterocycles.